The van der Waals surface area contributed by atoms with E-state index in [2.05, 4.69) is 0 Å². The third-order valence-corrected chi connectivity index (χ3v) is 5.77. The summed E-state index contributed by atoms with van der Waals surface area (Å²) < 4.78 is 0. The van der Waals surface area contributed by atoms with Crippen molar-refractivity contribution >= 4 is 23.4 Å². The minimum absolute atomic E-state index is 0.0183. The highest BCUT2D eigenvalue weighted by atomic mass is 35.5. The molecule has 4 rings (SSSR count). The standard InChI is InChI=1S/C22H23ClN2O3/c23-19-8-6-17(7-9-19)14-20(26)24-12-10-22(11-13-24)15-21(27)25(28-22)16-18-4-2-1-3-5-18/h1-9H,10-16H2. The molecule has 1 spiro atoms. The lowest BCUT2D eigenvalue weighted by atomic mass is 9.88. The average Bonchev–Trinajstić information content (AvgIpc) is 2.99. The van der Waals surface area contributed by atoms with Gasteiger partial charge in [-0.15, -0.1) is 0 Å². The van der Waals surface area contributed by atoms with Gasteiger partial charge < -0.3 is 4.90 Å². The fourth-order valence-corrected chi connectivity index (χ4v) is 4.00. The zero-order chi connectivity index (χ0) is 19.6. The number of nitrogens with zero attached hydrogens (tertiary/aromatic N) is 2. The predicted molar refractivity (Wildman–Crippen MR) is 106 cm³/mol. The number of likely N-dealkylation sites (tertiary alicyclic amines) is 1. The lowest BCUT2D eigenvalue weighted by Gasteiger charge is -2.37. The summed E-state index contributed by atoms with van der Waals surface area (Å²) in [5.74, 6) is 0.118. The van der Waals surface area contributed by atoms with Crippen LogP contribution in [0.5, 0.6) is 0 Å². The fourth-order valence-electron chi connectivity index (χ4n) is 3.87. The molecule has 0 unspecified atom stereocenters. The van der Waals surface area contributed by atoms with Gasteiger partial charge in [-0.3, -0.25) is 14.4 Å². The van der Waals surface area contributed by atoms with Crippen molar-refractivity contribution in [3.8, 4) is 0 Å². The van der Waals surface area contributed by atoms with Crippen molar-refractivity contribution in [2.75, 3.05) is 13.1 Å². The Balaban J connectivity index is 1.32. The third kappa shape index (κ3) is 4.21. The van der Waals surface area contributed by atoms with E-state index in [9.17, 15) is 9.59 Å². The second-order valence-corrected chi connectivity index (χ2v) is 7.99. The van der Waals surface area contributed by atoms with Crippen molar-refractivity contribution in [2.45, 2.75) is 37.8 Å². The number of piperidine rings is 1. The number of hydrogen-bond acceptors (Lipinski definition) is 3. The number of hydrogen-bond donors (Lipinski definition) is 0. The fraction of sp³-hybridized carbons (Fsp3) is 0.364. The molecule has 2 heterocycles. The molecule has 0 atom stereocenters. The van der Waals surface area contributed by atoms with Crippen LogP contribution in [-0.4, -0.2) is 40.5 Å². The van der Waals surface area contributed by atoms with Crippen LogP contribution in [0.15, 0.2) is 54.6 Å². The number of carbonyl (C=O) groups excluding carboxylic acids is 2. The molecule has 2 aliphatic rings. The summed E-state index contributed by atoms with van der Waals surface area (Å²) in [6.07, 6.45) is 2.11. The van der Waals surface area contributed by atoms with Gasteiger partial charge in [0.15, 0.2) is 0 Å². The molecular formula is C22H23ClN2O3. The molecule has 0 aromatic heterocycles. The third-order valence-electron chi connectivity index (χ3n) is 5.52. The molecular weight excluding hydrogens is 376 g/mol. The Kier molecular flexibility index (Phi) is 5.38. The van der Waals surface area contributed by atoms with E-state index >= 15 is 0 Å². The first-order valence-corrected chi connectivity index (χ1v) is 9.96. The van der Waals surface area contributed by atoms with Crippen LogP contribution >= 0.6 is 11.6 Å². The Morgan fingerprint density at radius 3 is 2.36 bits per heavy atom. The predicted octanol–water partition coefficient (Wildman–Crippen LogP) is 3.61. The van der Waals surface area contributed by atoms with E-state index in [1.807, 2.05) is 47.4 Å². The van der Waals surface area contributed by atoms with Gasteiger partial charge in [-0.1, -0.05) is 54.1 Å². The number of hydroxylamine groups is 2. The molecule has 0 saturated carbocycles. The van der Waals surface area contributed by atoms with Gasteiger partial charge in [0.1, 0.15) is 5.60 Å². The second kappa shape index (κ2) is 7.94. The van der Waals surface area contributed by atoms with E-state index < -0.39 is 5.60 Å². The van der Waals surface area contributed by atoms with Crippen molar-refractivity contribution in [2.24, 2.45) is 0 Å². The van der Waals surface area contributed by atoms with Crippen LogP contribution in [0.1, 0.15) is 30.4 Å². The van der Waals surface area contributed by atoms with Crippen molar-refractivity contribution in [1.82, 2.24) is 9.96 Å². The Hall–Kier alpha value is -2.37. The van der Waals surface area contributed by atoms with Gasteiger partial charge in [-0.2, -0.15) is 0 Å². The lowest BCUT2D eigenvalue weighted by Crippen LogP contribution is -2.47. The topological polar surface area (TPSA) is 49.9 Å². The zero-order valence-corrected chi connectivity index (χ0v) is 16.4. The first-order chi connectivity index (χ1) is 13.5. The van der Waals surface area contributed by atoms with Gasteiger partial charge in [-0.25, -0.2) is 5.06 Å². The molecule has 2 amide bonds. The molecule has 0 bridgehead atoms. The highest BCUT2D eigenvalue weighted by Crippen LogP contribution is 2.37. The van der Waals surface area contributed by atoms with E-state index in [1.165, 1.54) is 5.06 Å². The summed E-state index contributed by atoms with van der Waals surface area (Å²) in [5, 5.41) is 2.15. The Labute approximate surface area is 169 Å². The zero-order valence-electron chi connectivity index (χ0n) is 15.6. The molecule has 146 valence electrons. The first-order valence-electron chi connectivity index (χ1n) is 9.59. The summed E-state index contributed by atoms with van der Waals surface area (Å²) in [6, 6.07) is 17.2. The van der Waals surface area contributed by atoms with Crippen molar-refractivity contribution in [3.05, 3.63) is 70.7 Å². The van der Waals surface area contributed by atoms with Crippen LogP contribution in [0.4, 0.5) is 0 Å². The van der Waals surface area contributed by atoms with Crippen LogP contribution in [0.2, 0.25) is 5.02 Å². The van der Waals surface area contributed by atoms with Gasteiger partial charge in [0.25, 0.3) is 0 Å². The minimum Gasteiger partial charge on any atom is -0.342 e. The van der Waals surface area contributed by atoms with Crippen LogP contribution in [0.3, 0.4) is 0 Å². The minimum atomic E-state index is -0.469. The number of benzene rings is 2. The van der Waals surface area contributed by atoms with E-state index in [1.54, 1.807) is 12.1 Å². The van der Waals surface area contributed by atoms with Gasteiger partial charge in [0.05, 0.1) is 19.4 Å². The van der Waals surface area contributed by atoms with Gasteiger partial charge >= 0.3 is 0 Å². The van der Waals surface area contributed by atoms with Crippen molar-refractivity contribution < 1.29 is 14.4 Å². The number of rotatable bonds is 4. The average molecular weight is 399 g/mol. The summed E-state index contributed by atoms with van der Waals surface area (Å²) >= 11 is 5.90. The number of carbonyl (C=O) groups is 2. The van der Waals surface area contributed by atoms with E-state index in [0.29, 0.717) is 50.3 Å². The van der Waals surface area contributed by atoms with Gasteiger partial charge in [0, 0.05) is 18.1 Å². The van der Waals surface area contributed by atoms with E-state index in [0.717, 1.165) is 11.1 Å². The normalized spacial score (nSPS) is 18.7. The van der Waals surface area contributed by atoms with Crippen molar-refractivity contribution in [3.63, 3.8) is 0 Å². The molecule has 5 nitrogen and oxygen atoms in total. The quantitative estimate of drug-likeness (QED) is 0.790. The molecule has 2 aromatic rings. The smallest absolute Gasteiger partial charge is 0.249 e. The molecule has 2 saturated heterocycles. The number of halogens is 1. The lowest BCUT2D eigenvalue weighted by molar-refractivity contribution is -0.214. The molecule has 0 N–H and O–H groups in total. The summed E-state index contributed by atoms with van der Waals surface area (Å²) in [7, 11) is 0. The maximum atomic E-state index is 12.6. The Morgan fingerprint density at radius 2 is 1.68 bits per heavy atom. The van der Waals surface area contributed by atoms with Crippen LogP contribution in [-0.2, 0) is 27.4 Å². The molecule has 2 aromatic carbocycles. The first kappa shape index (κ1) is 19.0. The molecule has 6 heteroatoms. The maximum absolute atomic E-state index is 12.6. The summed E-state index contributed by atoms with van der Waals surface area (Å²) in [4.78, 5) is 33.0. The highest BCUT2D eigenvalue weighted by Gasteiger charge is 2.47. The second-order valence-electron chi connectivity index (χ2n) is 7.55. The van der Waals surface area contributed by atoms with E-state index in [-0.39, 0.29) is 11.8 Å². The molecule has 0 aliphatic carbocycles. The SMILES string of the molecule is O=C(Cc1ccc(Cl)cc1)N1CCC2(CC1)CC(=O)N(Cc1ccccc1)O2. The van der Waals surface area contributed by atoms with Gasteiger partial charge in [0.2, 0.25) is 11.8 Å². The van der Waals surface area contributed by atoms with Crippen LogP contribution in [0.25, 0.3) is 0 Å². The highest BCUT2D eigenvalue weighted by molar-refractivity contribution is 6.30. The molecule has 2 aliphatic heterocycles. The molecule has 2 fully saturated rings. The number of amides is 2. The van der Waals surface area contributed by atoms with Crippen LogP contribution < -0.4 is 0 Å². The monoisotopic (exact) mass is 398 g/mol. The summed E-state index contributed by atoms with van der Waals surface area (Å²) in [5.41, 5.74) is 1.53. The Bertz CT molecular complexity index is 846. The van der Waals surface area contributed by atoms with Crippen molar-refractivity contribution in [1.29, 1.82) is 0 Å². The Morgan fingerprint density at radius 1 is 1.00 bits per heavy atom. The molecule has 28 heavy (non-hydrogen) atoms. The van der Waals surface area contributed by atoms with Crippen LogP contribution in [0, 0.1) is 0 Å². The van der Waals surface area contributed by atoms with E-state index in [4.69, 9.17) is 16.4 Å². The maximum Gasteiger partial charge on any atom is 0.249 e. The largest absolute Gasteiger partial charge is 0.342 e. The molecule has 0 radical (unpaired) electrons. The summed E-state index contributed by atoms with van der Waals surface area (Å²) in [6.45, 7) is 1.68. The van der Waals surface area contributed by atoms with Gasteiger partial charge in [-0.05, 0) is 36.1 Å².